The molecular formula is C16H14N8O2. The number of nitrogen functional groups attached to an aromatic ring is 2. The van der Waals surface area contributed by atoms with Crippen LogP contribution in [0, 0.1) is 22.8 Å². The standard InChI is InChI=1S/C16H14N8O2/c1-26-7-2-3-10(25)8(4-7)13-11-12(19)9(5-17)14(20)23-15(11)24-16(22-13)21-6-18/h2-4,13,25H,1H3,(H6,19,20,21,22,23,24). The molecule has 3 rings (SSSR count). The van der Waals surface area contributed by atoms with E-state index < -0.39 is 6.04 Å². The van der Waals surface area contributed by atoms with Crippen LogP contribution in [0.15, 0.2) is 23.2 Å². The van der Waals surface area contributed by atoms with Gasteiger partial charge in [0.15, 0.2) is 6.19 Å². The summed E-state index contributed by atoms with van der Waals surface area (Å²) in [5, 5.41) is 33.7. The number of benzene rings is 1. The number of phenols is 1. The van der Waals surface area contributed by atoms with Gasteiger partial charge in [-0.3, -0.25) is 5.32 Å². The lowest BCUT2D eigenvalue weighted by Gasteiger charge is -2.26. The zero-order valence-electron chi connectivity index (χ0n) is 13.6. The van der Waals surface area contributed by atoms with Gasteiger partial charge in [-0.15, -0.1) is 0 Å². The van der Waals surface area contributed by atoms with E-state index in [-0.39, 0.29) is 34.6 Å². The molecule has 1 aromatic heterocycles. The Balaban J connectivity index is 2.29. The molecule has 2 aromatic rings. The van der Waals surface area contributed by atoms with Gasteiger partial charge >= 0.3 is 0 Å². The van der Waals surface area contributed by atoms with Crippen molar-refractivity contribution in [2.45, 2.75) is 6.04 Å². The van der Waals surface area contributed by atoms with Crippen molar-refractivity contribution >= 4 is 23.3 Å². The van der Waals surface area contributed by atoms with Crippen LogP contribution in [0.5, 0.6) is 11.5 Å². The third kappa shape index (κ3) is 2.61. The molecule has 2 heterocycles. The zero-order chi connectivity index (χ0) is 18.8. The van der Waals surface area contributed by atoms with E-state index in [1.54, 1.807) is 18.3 Å². The molecule has 10 nitrogen and oxygen atoms in total. The minimum Gasteiger partial charge on any atom is -0.508 e. The maximum atomic E-state index is 10.3. The highest BCUT2D eigenvalue weighted by atomic mass is 16.5. The molecule has 0 aliphatic carbocycles. The fourth-order valence-corrected chi connectivity index (χ4v) is 2.68. The lowest BCUT2D eigenvalue weighted by atomic mass is 9.94. The Morgan fingerprint density at radius 3 is 2.77 bits per heavy atom. The molecule has 1 atom stereocenters. The summed E-state index contributed by atoms with van der Waals surface area (Å²) < 4.78 is 5.19. The Morgan fingerprint density at radius 2 is 2.12 bits per heavy atom. The number of anilines is 3. The van der Waals surface area contributed by atoms with Crippen molar-refractivity contribution in [2.24, 2.45) is 4.99 Å². The van der Waals surface area contributed by atoms with E-state index >= 15 is 0 Å². The number of hydrogen-bond donors (Lipinski definition) is 5. The van der Waals surface area contributed by atoms with Gasteiger partial charge in [0.2, 0.25) is 5.96 Å². The number of ether oxygens (including phenoxy) is 1. The van der Waals surface area contributed by atoms with Crippen LogP contribution in [0.1, 0.15) is 22.7 Å². The second-order valence-corrected chi connectivity index (χ2v) is 5.33. The van der Waals surface area contributed by atoms with Crippen LogP contribution >= 0.6 is 0 Å². The largest absolute Gasteiger partial charge is 0.508 e. The number of rotatable bonds is 2. The monoisotopic (exact) mass is 350 g/mol. The van der Waals surface area contributed by atoms with E-state index in [0.717, 1.165) is 0 Å². The smallest absolute Gasteiger partial charge is 0.211 e. The molecule has 0 bridgehead atoms. The molecule has 0 spiro atoms. The van der Waals surface area contributed by atoms with Crippen molar-refractivity contribution < 1.29 is 9.84 Å². The molecule has 130 valence electrons. The number of aromatic hydroxyl groups is 1. The van der Waals surface area contributed by atoms with Gasteiger partial charge in [-0.1, -0.05) is 0 Å². The van der Waals surface area contributed by atoms with E-state index in [0.29, 0.717) is 16.9 Å². The molecule has 0 fully saturated rings. The molecule has 10 heteroatoms. The summed E-state index contributed by atoms with van der Waals surface area (Å²) >= 11 is 0. The van der Waals surface area contributed by atoms with E-state index in [2.05, 4.69) is 20.6 Å². The lowest BCUT2D eigenvalue weighted by molar-refractivity contribution is 0.410. The van der Waals surface area contributed by atoms with E-state index in [9.17, 15) is 10.4 Å². The van der Waals surface area contributed by atoms with Crippen LogP contribution < -0.4 is 26.8 Å². The number of nitrogens with one attached hydrogen (secondary N) is 2. The number of aliphatic imine (C=N–C) groups is 1. The normalized spacial score (nSPS) is 14.9. The molecule has 7 N–H and O–H groups in total. The van der Waals surface area contributed by atoms with Gasteiger partial charge in [-0.05, 0) is 18.2 Å². The van der Waals surface area contributed by atoms with Crippen molar-refractivity contribution in [1.82, 2.24) is 10.3 Å². The molecule has 1 aromatic carbocycles. The molecule has 1 aliphatic heterocycles. The number of methoxy groups -OCH3 is 1. The first-order valence-corrected chi connectivity index (χ1v) is 7.35. The topological polar surface area (TPSA) is 178 Å². The Labute approximate surface area is 148 Å². The second kappa shape index (κ2) is 6.37. The van der Waals surface area contributed by atoms with Gasteiger partial charge in [0.1, 0.15) is 40.8 Å². The van der Waals surface area contributed by atoms with Crippen LogP contribution in [-0.2, 0) is 0 Å². The van der Waals surface area contributed by atoms with Crippen molar-refractivity contribution in [1.29, 1.82) is 10.5 Å². The highest BCUT2D eigenvalue weighted by molar-refractivity contribution is 5.98. The first kappa shape index (κ1) is 16.7. The van der Waals surface area contributed by atoms with E-state index in [1.165, 1.54) is 13.2 Å². The number of nitrogens with two attached hydrogens (primary N) is 2. The maximum Gasteiger partial charge on any atom is 0.211 e. The highest BCUT2D eigenvalue weighted by Gasteiger charge is 2.31. The third-order valence-corrected chi connectivity index (χ3v) is 3.89. The molecular weight excluding hydrogens is 336 g/mol. The second-order valence-electron chi connectivity index (χ2n) is 5.33. The minimum absolute atomic E-state index is 0.0184. The van der Waals surface area contributed by atoms with Gasteiger partial charge in [-0.2, -0.15) is 10.5 Å². The number of fused-ring (bicyclic) bond motifs is 1. The number of pyridine rings is 1. The van der Waals surface area contributed by atoms with E-state index in [1.807, 2.05) is 6.07 Å². The summed E-state index contributed by atoms with van der Waals surface area (Å²) in [5.41, 5.74) is 12.8. The maximum absolute atomic E-state index is 10.3. The molecule has 1 unspecified atom stereocenters. The molecule has 0 amide bonds. The van der Waals surface area contributed by atoms with Crippen LogP contribution in [0.4, 0.5) is 17.3 Å². The first-order chi connectivity index (χ1) is 12.5. The summed E-state index contributed by atoms with van der Waals surface area (Å²) in [6.45, 7) is 0. The number of guanidine groups is 1. The van der Waals surface area contributed by atoms with E-state index in [4.69, 9.17) is 21.5 Å². The van der Waals surface area contributed by atoms with Crippen molar-refractivity contribution in [3.63, 3.8) is 0 Å². The average Bonchev–Trinajstić information content (AvgIpc) is 2.62. The summed E-state index contributed by atoms with van der Waals surface area (Å²) in [6.07, 6.45) is 1.76. The fourth-order valence-electron chi connectivity index (χ4n) is 2.68. The highest BCUT2D eigenvalue weighted by Crippen LogP contribution is 2.43. The fraction of sp³-hybridized carbons (Fsp3) is 0.125. The lowest BCUT2D eigenvalue weighted by Crippen LogP contribution is -2.32. The van der Waals surface area contributed by atoms with Crippen molar-refractivity contribution in [2.75, 3.05) is 23.9 Å². The summed E-state index contributed by atoms with van der Waals surface area (Å²) in [7, 11) is 1.49. The minimum atomic E-state index is -0.836. The average molecular weight is 350 g/mol. The summed E-state index contributed by atoms with van der Waals surface area (Å²) in [6, 6.07) is 5.71. The predicted molar refractivity (Wildman–Crippen MR) is 94.1 cm³/mol. The number of nitrogens with zero attached hydrogens (tertiary/aromatic N) is 4. The third-order valence-electron chi connectivity index (χ3n) is 3.89. The van der Waals surface area contributed by atoms with Crippen molar-refractivity contribution in [3.8, 4) is 23.8 Å². The van der Waals surface area contributed by atoms with Gasteiger partial charge < -0.3 is 26.6 Å². The molecule has 0 saturated carbocycles. The SMILES string of the molecule is COc1ccc(O)c(C2N=C(NC#N)Nc3nc(N)c(C#N)c(N)c32)c1. The van der Waals surface area contributed by atoms with Gasteiger partial charge in [0.25, 0.3) is 0 Å². The van der Waals surface area contributed by atoms with Gasteiger partial charge in [0, 0.05) is 11.1 Å². The zero-order valence-corrected chi connectivity index (χ0v) is 13.6. The number of nitriles is 2. The Bertz CT molecular complexity index is 1000. The molecule has 26 heavy (non-hydrogen) atoms. The quantitative estimate of drug-likeness (QED) is 0.386. The number of aromatic nitrogens is 1. The Morgan fingerprint density at radius 1 is 1.35 bits per heavy atom. The van der Waals surface area contributed by atoms with Crippen molar-refractivity contribution in [3.05, 3.63) is 34.9 Å². The van der Waals surface area contributed by atoms with Gasteiger partial charge in [-0.25, -0.2) is 9.98 Å². The number of hydrogen-bond acceptors (Lipinski definition) is 10. The van der Waals surface area contributed by atoms with Crippen LogP contribution in [0.25, 0.3) is 0 Å². The predicted octanol–water partition coefficient (Wildman–Crippen LogP) is 0.773. The van der Waals surface area contributed by atoms with Crippen LogP contribution in [0.2, 0.25) is 0 Å². The van der Waals surface area contributed by atoms with Crippen LogP contribution in [-0.4, -0.2) is 23.2 Å². The summed E-state index contributed by atoms with van der Waals surface area (Å²) in [5.74, 6) is 0.717. The number of phenolic OH excluding ortho intramolecular Hbond substituents is 1. The Kier molecular flexibility index (Phi) is 4.09. The first-order valence-electron chi connectivity index (χ1n) is 7.35. The molecule has 0 saturated heterocycles. The molecule has 1 aliphatic rings. The Hall–Kier alpha value is -4.18. The van der Waals surface area contributed by atoms with Gasteiger partial charge in [0.05, 0.1) is 12.8 Å². The summed E-state index contributed by atoms with van der Waals surface area (Å²) in [4.78, 5) is 8.52. The molecule has 0 radical (unpaired) electrons. The van der Waals surface area contributed by atoms with Crippen LogP contribution in [0.3, 0.4) is 0 Å².